The van der Waals surface area contributed by atoms with Crippen LogP contribution in [0.15, 0.2) is 64.0 Å². The number of hydrogen-bond acceptors (Lipinski definition) is 5. The van der Waals surface area contributed by atoms with E-state index < -0.39 is 0 Å². The van der Waals surface area contributed by atoms with Crippen LogP contribution in [0.5, 0.6) is 0 Å². The summed E-state index contributed by atoms with van der Waals surface area (Å²) in [5, 5.41) is 9.61. The van der Waals surface area contributed by atoms with E-state index in [4.69, 9.17) is 4.42 Å². The van der Waals surface area contributed by atoms with Crippen LogP contribution in [0.1, 0.15) is 43.9 Å². The Labute approximate surface area is 187 Å². The third-order valence-electron chi connectivity index (χ3n) is 5.56. The number of nitrogens with zero attached hydrogens (tertiary/aromatic N) is 4. The maximum absolute atomic E-state index is 13.0. The van der Waals surface area contributed by atoms with Crippen molar-refractivity contribution in [3.05, 3.63) is 65.8 Å². The molecule has 7 heteroatoms. The zero-order chi connectivity index (χ0) is 21.6. The van der Waals surface area contributed by atoms with Gasteiger partial charge in [-0.1, -0.05) is 48.2 Å². The molecule has 0 spiro atoms. The first kappa shape index (κ1) is 21.4. The molecule has 2 heterocycles. The van der Waals surface area contributed by atoms with Crippen LogP contribution in [0, 0.1) is 6.92 Å². The molecule has 6 nitrogen and oxygen atoms in total. The first-order valence-corrected chi connectivity index (χ1v) is 11.8. The van der Waals surface area contributed by atoms with Gasteiger partial charge >= 0.3 is 0 Å². The summed E-state index contributed by atoms with van der Waals surface area (Å²) >= 11 is 1.45. The molecule has 0 saturated carbocycles. The molecule has 0 radical (unpaired) electrons. The standard InChI is InChI=1S/C24H28N4O2S/c1-3-27(20-12-8-5-9-13-20)22(29)17-31-24-26-25-23(21-14-15-30-18(21)2)28(24)16-19-10-6-4-7-11-19/h4,6-7,10-12,14-15H,3,5,8-9,13,16-17H2,1-2H3. The van der Waals surface area contributed by atoms with Gasteiger partial charge in [0.25, 0.3) is 0 Å². The second kappa shape index (κ2) is 10.0. The fourth-order valence-corrected chi connectivity index (χ4v) is 4.74. The average Bonchev–Trinajstić information content (AvgIpc) is 3.40. The molecular formula is C24H28N4O2S. The van der Waals surface area contributed by atoms with E-state index in [1.165, 1.54) is 23.9 Å². The lowest BCUT2D eigenvalue weighted by Crippen LogP contribution is -2.32. The molecule has 1 aromatic carbocycles. The highest BCUT2D eigenvalue weighted by Crippen LogP contribution is 2.29. The molecule has 0 N–H and O–H groups in total. The van der Waals surface area contributed by atoms with Crippen molar-refractivity contribution >= 4 is 17.7 Å². The quantitative estimate of drug-likeness (QED) is 0.449. The molecule has 0 saturated heterocycles. The Kier molecular flexibility index (Phi) is 6.92. The summed E-state index contributed by atoms with van der Waals surface area (Å²) in [5.74, 6) is 2.02. The highest BCUT2D eigenvalue weighted by Gasteiger charge is 2.22. The number of benzene rings is 1. The minimum Gasteiger partial charge on any atom is -0.469 e. The molecular weight excluding hydrogens is 408 g/mol. The Bertz CT molecular complexity index is 1050. The molecule has 31 heavy (non-hydrogen) atoms. The van der Waals surface area contributed by atoms with Crippen molar-refractivity contribution in [3.63, 3.8) is 0 Å². The summed E-state index contributed by atoms with van der Waals surface area (Å²) in [6.45, 7) is 5.29. The van der Waals surface area contributed by atoms with Crippen molar-refractivity contribution in [2.75, 3.05) is 12.3 Å². The summed E-state index contributed by atoms with van der Waals surface area (Å²) in [5.41, 5.74) is 3.24. The zero-order valence-electron chi connectivity index (χ0n) is 18.1. The van der Waals surface area contributed by atoms with Crippen molar-refractivity contribution in [1.82, 2.24) is 19.7 Å². The van der Waals surface area contributed by atoms with Gasteiger partial charge in [-0.05, 0) is 51.2 Å². The van der Waals surface area contributed by atoms with Gasteiger partial charge in [-0.15, -0.1) is 10.2 Å². The summed E-state index contributed by atoms with van der Waals surface area (Å²) in [6, 6.07) is 12.1. The van der Waals surface area contributed by atoms with Crippen molar-refractivity contribution < 1.29 is 9.21 Å². The normalized spacial score (nSPS) is 13.8. The Hall–Kier alpha value is -2.80. The number of rotatable bonds is 8. The summed E-state index contributed by atoms with van der Waals surface area (Å²) in [7, 11) is 0. The molecule has 2 aromatic heterocycles. The van der Waals surface area contributed by atoms with Crippen LogP contribution in [-0.2, 0) is 11.3 Å². The van der Waals surface area contributed by atoms with Crippen LogP contribution in [0.4, 0.5) is 0 Å². The predicted octanol–water partition coefficient (Wildman–Crippen LogP) is 5.29. The zero-order valence-corrected chi connectivity index (χ0v) is 18.9. The minimum atomic E-state index is 0.121. The van der Waals surface area contributed by atoms with Crippen molar-refractivity contribution in [1.29, 1.82) is 0 Å². The second-order valence-corrected chi connectivity index (χ2v) is 8.58. The van der Waals surface area contributed by atoms with Gasteiger partial charge in [-0.25, -0.2) is 0 Å². The third kappa shape index (κ3) is 4.93. The Morgan fingerprint density at radius 2 is 2.03 bits per heavy atom. The van der Waals surface area contributed by atoms with Crippen molar-refractivity contribution in [3.8, 4) is 11.4 Å². The van der Waals surface area contributed by atoms with Gasteiger partial charge in [-0.3, -0.25) is 9.36 Å². The van der Waals surface area contributed by atoms with Gasteiger partial charge in [0.2, 0.25) is 5.91 Å². The molecule has 0 fully saturated rings. The molecule has 0 bridgehead atoms. The topological polar surface area (TPSA) is 64.2 Å². The molecule has 3 aromatic rings. The van der Waals surface area contributed by atoms with E-state index in [1.54, 1.807) is 6.26 Å². The Morgan fingerprint density at radius 1 is 1.19 bits per heavy atom. The number of carbonyl (C=O) groups excluding carboxylic acids is 1. The van der Waals surface area contributed by atoms with Crippen LogP contribution >= 0.6 is 11.8 Å². The Balaban J connectivity index is 1.56. The molecule has 1 aliphatic carbocycles. The van der Waals surface area contributed by atoms with Gasteiger partial charge in [0.15, 0.2) is 11.0 Å². The first-order valence-electron chi connectivity index (χ1n) is 10.8. The summed E-state index contributed by atoms with van der Waals surface area (Å²) in [4.78, 5) is 14.9. The van der Waals surface area contributed by atoms with Gasteiger partial charge in [-0.2, -0.15) is 0 Å². The number of allylic oxidation sites excluding steroid dienone is 2. The molecule has 162 valence electrons. The third-order valence-corrected chi connectivity index (χ3v) is 6.51. The fourth-order valence-electron chi connectivity index (χ4n) is 3.93. The highest BCUT2D eigenvalue weighted by molar-refractivity contribution is 7.99. The lowest BCUT2D eigenvalue weighted by Gasteiger charge is -2.26. The van der Waals surface area contributed by atoms with E-state index in [9.17, 15) is 4.79 Å². The minimum absolute atomic E-state index is 0.121. The van der Waals surface area contributed by atoms with Gasteiger partial charge < -0.3 is 9.32 Å². The molecule has 4 rings (SSSR count). The second-order valence-electron chi connectivity index (χ2n) is 7.64. The predicted molar refractivity (Wildman–Crippen MR) is 123 cm³/mol. The van der Waals surface area contributed by atoms with Crippen molar-refractivity contribution in [2.45, 2.75) is 51.2 Å². The lowest BCUT2D eigenvalue weighted by molar-refractivity contribution is -0.126. The van der Waals surface area contributed by atoms with Gasteiger partial charge in [0.05, 0.1) is 24.1 Å². The Morgan fingerprint density at radius 3 is 2.71 bits per heavy atom. The molecule has 1 aliphatic rings. The number of hydrogen-bond donors (Lipinski definition) is 0. The number of amides is 1. The molecule has 1 amide bonds. The van der Waals surface area contributed by atoms with E-state index in [2.05, 4.69) is 33.0 Å². The van der Waals surface area contributed by atoms with E-state index in [0.29, 0.717) is 18.8 Å². The number of furan rings is 1. The number of aromatic nitrogens is 3. The fraction of sp³-hybridized carbons (Fsp3) is 0.375. The SMILES string of the molecule is CCN(C(=O)CSc1nnc(-c2ccoc2C)n1Cc1ccccc1)C1=CCCCC1. The molecule has 0 aliphatic heterocycles. The van der Waals surface area contributed by atoms with Crippen LogP contribution in [0.25, 0.3) is 11.4 Å². The van der Waals surface area contributed by atoms with E-state index in [0.717, 1.165) is 47.1 Å². The summed E-state index contributed by atoms with van der Waals surface area (Å²) < 4.78 is 7.56. The largest absolute Gasteiger partial charge is 0.469 e. The number of aryl methyl sites for hydroxylation is 1. The van der Waals surface area contributed by atoms with Gasteiger partial charge in [0, 0.05) is 12.2 Å². The number of carbonyl (C=O) groups is 1. The van der Waals surface area contributed by atoms with E-state index >= 15 is 0 Å². The monoisotopic (exact) mass is 436 g/mol. The van der Waals surface area contributed by atoms with E-state index in [1.807, 2.05) is 43.0 Å². The molecule has 0 atom stereocenters. The van der Waals surface area contributed by atoms with Crippen LogP contribution in [0.3, 0.4) is 0 Å². The smallest absolute Gasteiger partial charge is 0.237 e. The van der Waals surface area contributed by atoms with Crippen LogP contribution in [0.2, 0.25) is 0 Å². The van der Waals surface area contributed by atoms with Gasteiger partial charge in [0.1, 0.15) is 5.76 Å². The number of thioether (sulfide) groups is 1. The lowest BCUT2D eigenvalue weighted by atomic mass is 10.0. The first-order chi connectivity index (χ1) is 15.2. The maximum atomic E-state index is 13.0. The van der Waals surface area contributed by atoms with Crippen LogP contribution < -0.4 is 0 Å². The van der Waals surface area contributed by atoms with E-state index in [-0.39, 0.29) is 5.91 Å². The highest BCUT2D eigenvalue weighted by atomic mass is 32.2. The summed E-state index contributed by atoms with van der Waals surface area (Å²) in [6.07, 6.45) is 8.29. The average molecular weight is 437 g/mol. The molecule has 0 unspecified atom stereocenters. The van der Waals surface area contributed by atoms with Crippen LogP contribution in [-0.4, -0.2) is 37.9 Å². The maximum Gasteiger partial charge on any atom is 0.237 e. The van der Waals surface area contributed by atoms with Crippen molar-refractivity contribution in [2.24, 2.45) is 0 Å².